The standard InChI is InChI=1S/C20H24O8/c1-7-11-12(27-14(7)23)13(22)19-9-5-8(17(2,3)4)18(19)6-10(21)26-16(18)28-20(11,19)15(24)25-9/h7-9,11-13,16,22H,5-6H2,1-4H3/t7?,8-,9?,11?,12?,13-,16?,18?,19?,20?/m0/s1. The van der Waals surface area contributed by atoms with E-state index < -0.39 is 70.8 Å². The topological polar surface area (TPSA) is 108 Å². The largest absolute Gasteiger partial charge is 0.459 e. The monoisotopic (exact) mass is 392 g/mol. The Morgan fingerprint density at radius 2 is 1.82 bits per heavy atom. The van der Waals surface area contributed by atoms with Crippen molar-refractivity contribution in [1.29, 1.82) is 0 Å². The molecule has 0 radical (unpaired) electrons. The van der Waals surface area contributed by atoms with Gasteiger partial charge in [0.15, 0.2) is 5.60 Å². The molecular formula is C20H24O8. The van der Waals surface area contributed by atoms with Crippen LogP contribution in [0.5, 0.6) is 0 Å². The summed E-state index contributed by atoms with van der Waals surface area (Å²) < 4.78 is 23.3. The van der Waals surface area contributed by atoms with Crippen molar-refractivity contribution in [1.82, 2.24) is 0 Å². The molecule has 8 unspecified atom stereocenters. The van der Waals surface area contributed by atoms with E-state index >= 15 is 0 Å². The van der Waals surface area contributed by atoms with Crippen LogP contribution in [0.15, 0.2) is 0 Å². The molecule has 28 heavy (non-hydrogen) atoms. The summed E-state index contributed by atoms with van der Waals surface area (Å²) in [5.41, 5.74) is -3.82. The molecule has 0 aromatic carbocycles. The first kappa shape index (κ1) is 17.2. The Morgan fingerprint density at radius 3 is 2.50 bits per heavy atom. The van der Waals surface area contributed by atoms with E-state index in [9.17, 15) is 19.5 Å². The lowest BCUT2D eigenvalue weighted by atomic mass is 9.52. The molecule has 0 amide bonds. The highest BCUT2D eigenvalue weighted by atomic mass is 16.7. The predicted octanol–water partition coefficient (Wildman–Crippen LogP) is 0.545. The van der Waals surface area contributed by atoms with Gasteiger partial charge in [-0.15, -0.1) is 0 Å². The van der Waals surface area contributed by atoms with E-state index in [0.29, 0.717) is 6.42 Å². The first-order valence-electron chi connectivity index (χ1n) is 10.0. The van der Waals surface area contributed by atoms with Crippen molar-refractivity contribution < 1.29 is 38.4 Å². The lowest BCUT2D eigenvalue weighted by Crippen LogP contribution is -2.59. The van der Waals surface area contributed by atoms with Gasteiger partial charge in [-0.1, -0.05) is 27.7 Å². The van der Waals surface area contributed by atoms with Gasteiger partial charge in [0, 0.05) is 0 Å². The first-order valence-corrected chi connectivity index (χ1v) is 10.0. The SMILES string of the molecule is CC1C(=O)OC2C1C13OC4OC(=O)CC45[C@H](C(C)(C)C)CC(OC1=O)C35[C@H]2O. The second-order valence-corrected chi connectivity index (χ2v) is 10.5. The van der Waals surface area contributed by atoms with Crippen LogP contribution in [0.2, 0.25) is 0 Å². The number of esters is 3. The molecule has 10 atom stereocenters. The van der Waals surface area contributed by atoms with Crippen molar-refractivity contribution in [3.05, 3.63) is 0 Å². The Balaban J connectivity index is 1.66. The lowest BCUT2D eigenvalue weighted by Gasteiger charge is -2.46. The van der Waals surface area contributed by atoms with Gasteiger partial charge in [-0.3, -0.25) is 9.59 Å². The number of aliphatic hydroxyl groups excluding tert-OH is 1. The highest BCUT2D eigenvalue weighted by Crippen LogP contribution is 2.83. The Morgan fingerprint density at radius 1 is 1.11 bits per heavy atom. The van der Waals surface area contributed by atoms with Crippen LogP contribution in [-0.4, -0.2) is 53.2 Å². The van der Waals surface area contributed by atoms with Gasteiger partial charge in [0.1, 0.15) is 18.3 Å². The number of carbonyl (C=O) groups excluding carboxylic acids is 3. The Hall–Kier alpha value is -1.67. The summed E-state index contributed by atoms with van der Waals surface area (Å²) in [5, 5.41) is 11.6. The van der Waals surface area contributed by atoms with Crippen molar-refractivity contribution in [3.63, 3.8) is 0 Å². The summed E-state index contributed by atoms with van der Waals surface area (Å²) in [6.07, 6.45) is -2.95. The number of ether oxygens (including phenoxy) is 4. The van der Waals surface area contributed by atoms with Crippen molar-refractivity contribution in [2.45, 2.75) is 70.7 Å². The molecule has 6 fully saturated rings. The van der Waals surface area contributed by atoms with Crippen molar-refractivity contribution in [2.24, 2.45) is 34.0 Å². The van der Waals surface area contributed by atoms with Gasteiger partial charge in [-0.25, -0.2) is 4.79 Å². The average molecular weight is 392 g/mol. The van der Waals surface area contributed by atoms with Gasteiger partial charge in [-0.2, -0.15) is 0 Å². The van der Waals surface area contributed by atoms with Crippen LogP contribution in [0.25, 0.3) is 0 Å². The fourth-order valence-corrected chi connectivity index (χ4v) is 8.12. The number of hydrogen-bond donors (Lipinski definition) is 1. The molecule has 4 saturated heterocycles. The zero-order valence-corrected chi connectivity index (χ0v) is 16.3. The van der Waals surface area contributed by atoms with E-state index in [0.717, 1.165) is 0 Å². The summed E-state index contributed by atoms with van der Waals surface area (Å²) in [7, 11) is 0. The predicted molar refractivity (Wildman–Crippen MR) is 89.2 cm³/mol. The number of rotatable bonds is 0. The van der Waals surface area contributed by atoms with Crippen LogP contribution in [0.3, 0.4) is 0 Å². The van der Waals surface area contributed by atoms with E-state index in [2.05, 4.69) is 20.8 Å². The molecule has 4 heterocycles. The molecule has 152 valence electrons. The van der Waals surface area contributed by atoms with Crippen LogP contribution in [0.1, 0.15) is 40.5 Å². The normalized spacial score (nSPS) is 58.2. The fraction of sp³-hybridized carbons (Fsp3) is 0.850. The molecule has 0 aromatic heterocycles. The molecule has 6 rings (SSSR count). The third kappa shape index (κ3) is 1.32. The van der Waals surface area contributed by atoms with Crippen LogP contribution >= 0.6 is 0 Å². The molecule has 1 N–H and O–H groups in total. The molecule has 0 aromatic rings. The van der Waals surface area contributed by atoms with Crippen molar-refractivity contribution in [3.8, 4) is 0 Å². The minimum absolute atomic E-state index is 0.0628. The second kappa shape index (κ2) is 4.41. The van der Waals surface area contributed by atoms with Crippen LogP contribution in [0, 0.1) is 34.0 Å². The Labute approximate surface area is 161 Å². The summed E-state index contributed by atoms with van der Waals surface area (Å²) in [6.45, 7) is 7.93. The highest BCUT2D eigenvalue weighted by molar-refractivity contribution is 5.91. The van der Waals surface area contributed by atoms with E-state index in [-0.39, 0.29) is 17.8 Å². The molecule has 6 aliphatic rings. The molecule has 2 saturated carbocycles. The Bertz CT molecular complexity index is 846. The molecule has 4 aliphatic heterocycles. The zero-order valence-electron chi connectivity index (χ0n) is 16.3. The average Bonchev–Trinajstić information content (AvgIpc) is 3.30. The molecule has 0 bridgehead atoms. The summed E-state index contributed by atoms with van der Waals surface area (Å²) >= 11 is 0. The van der Waals surface area contributed by atoms with Gasteiger partial charge in [0.05, 0.1) is 29.1 Å². The quantitative estimate of drug-likeness (QED) is 0.470. The smallest absolute Gasteiger partial charge is 0.340 e. The highest BCUT2D eigenvalue weighted by Gasteiger charge is 2.98. The van der Waals surface area contributed by atoms with E-state index in [1.54, 1.807) is 6.92 Å². The fourth-order valence-electron chi connectivity index (χ4n) is 8.12. The molecular weight excluding hydrogens is 368 g/mol. The molecule has 2 spiro atoms. The van der Waals surface area contributed by atoms with Gasteiger partial charge in [0.25, 0.3) is 0 Å². The second-order valence-electron chi connectivity index (χ2n) is 10.5. The van der Waals surface area contributed by atoms with E-state index in [1.165, 1.54) is 0 Å². The van der Waals surface area contributed by atoms with Gasteiger partial charge < -0.3 is 24.1 Å². The molecule has 8 nitrogen and oxygen atoms in total. The molecule has 8 heteroatoms. The van der Waals surface area contributed by atoms with Crippen molar-refractivity contribution in [2.75, 3.05) is 0 Å². The number of fused-ring (bicyclic) bond motifs is 1. The maximum Gasteiger partial charge on any atom is 0.340 e. The van der Waals surface area contributed by atoms with Gasteiger partial charge in [-0.05, 0) is 17.8 Å². The van der Waals surface area contributed by atoms with Crippen molar-refractivity contribution >= 4 is 17.9 Å². The maximum absolute atomic E-state index is 13.3. The van der Waals surface area contributed by atoms with Crippen LogP contribution in [0.4, 0.5) is 0 Å². The number of hydrogen-bond acceptors (Lipinski definition) is 8. The first-order chi connectivity index (χ1) is 13.0. The maximum atomic E-state index is 13.3. The summed E-state index contributed by atoms with van der Waals surface area (Å²) in [6, 6.07) is 0. The van der Waals surface area contributed by atoms with Gasteiger partial charge >= 0.3 is 17.9 Å². The van der Waals surface area contributed by atoms with E-state index in [4.69, 9.17) is 18.9 Å². The summed E-state index contributed by atoms with van der Waals surface area (Å²) in [4.78, 5) is 38.0. The third-order valence-corrected chi connectivity index (χ3v) is 8.71. The minimum atomic E-state index is -1.53. The lowest BCUT2D eigenvalue weighted by molar-refractivity contribution is -0.207. The number of aliphatic hydroxyl groups is 1. The zero-order chi connectivity index (χ0) is 20.0. The van der Waals surface area contributed by atoms with Crippen LogP contribution in [-0.2, 0) is 33.3 Å². The van der Waals surface area contributed by atoms with Gasteiger partial charge in [0.2, 0.25) is 6.29 Å². The molecule has 2 aliphatic carbocycles. The van der Waals surface area contributed by atoms with E-state index in [1.807, 2.05) is 0 Å². The Kier molecular flexibility index (Phi) is 2.71. The minimum Gasteiger partial charge on any atom is -0.459 e. The number of carbonyl (C=O) groups is 3. The summed E-state index contributed by atoms with van der Waals surface area (Å²) in [5.74, 6) is -2.76. The van der Waals surface area contributed by atoms with Crippen LogP contribution < -0.4 is 0 Å². The third-order valence-electron chi connectivity index (χ3n) is 8.71.